The molecule has 0 saturated carbocycles. The fourth-order valence-corrected chi connectivity index (χ4v) is 4.34. The van der Waals surface area contributed by atoms with Crippen LogP contribution in [0.4, 0.5) is 0 Å². The lowest BCUT2D eigenvalue weighted by Gasteiger charge is -2.44. The van der Waals surface area contributed by atoms with E-state index in [0.717, 1.165) is 17.8 Å². The Morgan fingerprint density at radius 1 is 1.21 bits per heavy atom. The Balaban J connectivity index is 1.41. The van der Waals surface area contributed by atoms with Crippen LogP contribution in [0.2, 0.25) is 0 Å². The molecule has 2 aromatic heterocycles. The van der Waals surface area contributed by atoms with Crippen LogP contribution in [0.5, 0.6) is 0 Å². The molecule has 0 unspecified atom stereocenters. The van der Waals surface area contributed by atoms with Crippen LogP contribution in [0, 0.1) is 12.8 Å². The first-order chi connectivity index (χ1) is 11.7. The summed E-state index contributed by atoms with van der Waals surface area (Å²) in [6, 6.07) is 4.63. The van der Waals surface area contributed by atoms with E-state index in [9.17, 15) is 4.79 Å². The lowest BCUT2D eigenvalue weighted by Crippen LogP contribution is -2.51. The highest BCUT2D eigenvalue weighted by molar-refractivity contribution is 5.92. The van der Waals surface area contributed by atoms with Crippen molar-refractivity contribution >= 4 is 11.6 Å². The fraction of sp³-hybridized carbons (Fsp3) is 0.579. The number of aromatic nitrogens is 2. The topological polar surface area (TPSA) is 49.6 Å². The quantitative estimate of drug-likeness (QED) is 0.943. The van der Waals surface area contributed by atoms with Crippen molar-refractivity contribution in [2.24, 2.45) is 5.92 Å². The monoisotopic (exact) mass is 326 g/mol. The molecular weight excluding hydrogens is 300 g/mol. The number of hydrogen-bond donors (Lipinski definition) is 1. The standard InChI is InChI=1S/C19H26N4O/c1-14-7-8-18-21-16(13-23(18)12-14)19(24)20-11-15-5-4-10-22-9-3-2-6-17(15)22/h7-8,12-13,15,17H,2-6,9-11H2,1H3,(H,20,24)/t15-,17-/m1/s1. The molecular formula is C19H26N4O. The van der Waals surface area contributed by atoms with Crippen LogP contribution in [-0.4, -0.2) is 45.9 Å². The van der Waals surface area contributed by atoms with Gasteiger partial charge in [0.1, 0.15) is 11.3 Å². The van der Waals surface area contributed by atoms with Crippen molar-refractivity contribution in [3.63, 3.8) is 0 Å². The van der Waals surface area contributed by atoms with Crippen molar-refractivity contribution in [1.29, 1.82) is 0 Å². The summed E-state index contributed by atoms with van der Waals surface area (Å²) in [6.07, 6.45) is 10.3. The molecule has 24 heavy (non-hydrogen) atoms. The summed E-state index contributed by atoms with van der Waals surface area (Å²) in [5, 5.41) is 3.14. The molecule has 128 valence electrons. The number of carbonyl (C=O) groups is 1. The number of fused-ring (bicyclic) bond motifs is 2. The van der Waals surface area contributed by atoms with Gasteiger partial charge < -0.3 is 14.6 Å². The highest BCUT2D eigenvalue weighted by atomic mass is 16.1. The van der Waals surface area contributed by atoms with Gasteiger partial charge in [-0.2, -0.15) is 0 Å². The predicted molar refractivity (Wildman–Crippen MR) is 94.2 cm³/mol. The Bertz CT molecular complexity index is 736. The zero-order valence-electron chi connectivity index (χ0n) is 14.4. The van der Waals surface area contributed by atoms with E-state index < -0.39 is 0 Å². The molecule has 1 amide bonds. The van der Waals surface area contributed by atoms with Gasteiger partial charge in [0.15, 0.2) is 0 Å². The maximum absolute atomic E-state index is 12.5. The van der Waals surface area contributed by atoms with E-state index in [1.54, 1.807) is 0 Å². The molecule has 2 aliphatic heterocycles. The highest BCUT2D eigenvalue weighted by Gasteiger charge is 2.33. The summed E-state index contributed by atoms with van der Waals surface area (Å²) in [5.41, 5.74) is 2.49. The van der Waals surface area contributed by atoms with Crippen LogP contribution in [-0.2, 0) is 0 Å². The summed E-state index contributed by atoms with van der Waals surface area (Å²) >= 11 is 0. The predicted octanol–water partition coefficient (Wildman–Crippen LogP) is 2.64. The van der Waals surface area contributed by atoms with Gasteiger partial charge in [0.2, 0.25) is 0 Å². The number of rotatable bonds is 3. The summed E-state index contributed by atoms with van der Waals surface area (Å²) in [6.45, 7) is 5.28. The molecule has 0 aromatic carbocycles. The minimum atomic E-state index is -0.0516. The fourth-order valence-electron chi connectivity index (χ4n) is 4.34. The maximum atomic E-state index is 12.5. The van der Waals surface area contributed by atoms with E-state index in [-0.39, 0.29) is 5.91 Å². The third-order valence-electron chi connectivity index (χ3n) is 5.59. The number of pyridine rings is 1. The summed E-state index contributed by atoms with van der Waals surface area (Å²) in [5.74, 6) is 0.534. The second kappa shape index (κ2) is 6.55. The maximum Gasteiger partial charge on any atom is 0.271 e. The first-order valence-corrected chi connectivity index (χ1v) is 9.18. The third-order valence-corrected chi connectivity index (χ3v) is 5.59. The van der Waals surface area contributed by atoms with Gasteiger partial charge in [0, 0.05) is 25.0 Å². The number of hydrogen-bond acceptors (Lipinski definition) is 3. The van der Waals surface area contributed by atoms with Crippen molar-refractivity contribution in [3.8, 4) is 0 Å². The Kier molecular flexibility index (Phi) is 4.27. The molecule has 2 saturated heterocycles. The highest BCUT2D eigenvalue weighted by Crippen LogP contribution is 2.30. The van der Waals surface area contributed by atoms with Crippen LogP contribution >= 0.6 is 0 Å². The number of piperidine rings is 2. The van der Waals surface area contributed by atoms with Crippen molar-refractivity contribution in [2.45, 2.75) is 45.1 Å². The van der Waals surface area contributed by atoms with Crippen molar-refractivity contribution < 1.29 is 4.79 Å². The van der Waals surface area contributed by atoms with Gasteiger partial charge in [0.25, 0.3) is 5.91 Å². The number of nitrogens with one attached hydrogen (secondary N) is 1. The third kappa shape index (κ3) is 3.05. The van der Waals surface area contributed by atoms with Crippen LogP contribution in [0.3, 0.4) is 0 Å². The Morgan fingerprint density at radius 3 is 3.00 bits per heavy atom. The van der Waals surface area contributed by atoms with Gasteiger partial charge in [-0.1, -0.05) is 12.5 Å². The smallest absolute Gasteiger partial charge is 0.271 e. The largest absolute Gasteiger partial charge is 0.350 e. The molecule has 2 atom stereocenters. The minimum absolute atomic E-state index is 0.0516. The minimum Gasteiger partial charge on any atom is -0.350 e. The van der Waals surface area contributed by atoms with E-state index in [2.05, 4.69) is 15.2 Å². The van der Waals surface area contributed by atoms with Gasteiger partial charge >= 0.3 is 0 Å². The second-order valence-electron chi connectivity index (χ2n) is 7.31. The molecule has 4 rings (SSSR count). The van der Waals surface area contributed by atoms with E-state index in [0.29, 0.717) is 17.7 Å². The summed E-state index contributed by atoms with van der Waals surface area (Å²) < 4.78 is 1.92. The molecule has 1 N–H and O–H groups in total. The van der Waals surface area contributed by atoms with E-state index in [1.165, 1.54) is 45.2 Å². The first-order valence-electron chi connectivity index (χ1n) is 9.18. The molecule has 2 aliphatic rings. The normalized spacial score (nSPS) is 24.7. The lowest BCUT2D eigenvalue weighted by atomic mass is 9.83. The summed E-state index contributed by atoms with van der Waals surface area (Å²) in [4.78, 5) is 19.6. The Labute approximate surface area is 143 Å². The molecule has 0 bridgehead atoms. The number of carbonyl (C=O) groups excluding carboxylic acids is 1. The van der Waals surface area contributed by atoms with Crippen molar-refractivity contribution in [2.75, 3.05) is 19.6 Å². The molecule has 0 radical (unpaired) electrons. The zero-order valence-corrected chi connectivity index (χ0v) is 14.4. The van der Waals surface area contributed by atoms with Gasteiger partial charge in [0.05, 0.1) is 0 Å². The average Bonchev–Trinajstić information content (AvgIpc) is 3.03. The van der Waals surface area contributed by atoms with Gasteiger partial charge in [-0.15, -0.1) is 0 Å². The van der Waals surface area contributed by atoms with E-state index in [4.69, 9.17) is 0 Å². The molecule has 0 spiro atoms. The van der Waals surface area contributed by atoms with Crippen LogP contribution in [0.1, 0.15) is 48.2 Å². The Hall–Kier alpha value is -1.88. The number of amides is 1. The Morgan fingerprint density at radius 2 is 2.08 bits per heavy atom. The SMILES string of the molecule is Cc1ccc2nc(C(=O)NC[C@H]3CCCN4CCCC[C@H]34)cn2c1. The first kappa shape index (κ1) is 15.6. The van der Waals surface area contributed by atoms with Crippen LogP contribution in [0.25, 0.3) is 5.65 Å². The average molecular weight is 326 g/mol. The second-order valence-corrected chi connectivity index (χ2v) is 7.31. The van der Waals surface area contributed by atoms with Crippen molar-refractivity contribution in [3.05, 3.63) is 35.8 Å². The molecule has 5 heteroatoms. The van der Waals surface area contributed by atoms with Crippen molar-refractivity contribution in [1.82, 2.24) is 19.6 Å². The molecule has 0 aliphatic carbocycles. The van der Waals surface area contributed by atoms with Crippen LogP contribution in [0.15, 0.2) is 24.5 Å². The number of imidazole rings is 1. The van der Waals surface area contributed by atoms with E-state index in [1.807, 2.05) is 35.9 Å². The van der Waals surface area contributed by atoms with Crippen LogP contribution < -0.4 is 5.32 Å². The lowest BCUT2D eigenvalue weighted by molar-refractivity contribution is 0.0575. The number of aryl methyl sites for hydroxylation is 1. The zero-order chi connectivity index (χ0) is 16.5. The molecule has 5 nitrogen and oxygen atoms in total. The van der Waals surface area contributed by atoms with E-state index >= 15 is 0 Å². The van der Waals surface area contributed by atoms with Gasteiger partial charge in [-0.3, -0.25) is 4.79 Å². The summed E-state index contributed by atoms with van der Waals surface area (Å²) in [7, 11) is 0. The molecule has 2 aromatic rings. The molecule has 4 heterocycles. The van der Waals surface area contributed by atoms with Gasteiger partial charge in [-0.25, -0.2) is 4.98 Å². The van der Waals surface area contributed by atoms with Gasteiger partial charge in [-0.05, 0) is 63.2 Å². The number of nitrogens with zero attached hydrogens (tertiary/aromatic N) is 3. The molecule has 2 fully saturated rings.